The maximum atomic E-state index is 10.9. The molecule has 0 aromatic heterocycles. The Balaban J connectivity index is 0.00000220. The van der Waals surface area contributed by atoms with E-state index in [0.717, 1.165) is 32.5 Å². The summed E-state index contributed by atoms with van der Waals surface area (Å²) >= 11 is 0. The van der Waals surface area contributed by atoms with Crippen molar-refractivity contribution in [2.45, 2.75) is 32.2 Å². The summed E-state index contributed by atoms with van der Waals surface area (Å²) in [4.78, 5) is 13.5. The first-order chi connectivity index (χ1) is 9.65. The van der Waals surface area contributed by atoms with Gasteiger partial charge in [-0.3, -0.25) is 9.69 Å². The van der Waals surface area contributed by atoms with E-state index in [1.165, 1.54) is 18.4 Å². The molecule has 0 saturated carbocycles. The zero-order valence-corrected chi connectivity index (χ0v) is 13.3. The Hall–Kier alpha value is -1.32. The molecule has 4 heteroatoms. The predicted molar refractivity (Wildman–Crippen MR) is 89.3 cm³/mol. The van der Waals surface area contributed by atoms with Crippen LogP contribution >= 0.6 is 12.4 Å². The number of hydrogen-bond donors (Lipinski definition) is 1. The molecule has 2 rings (SSSR count). The Morgan fingerprint density at radius 3 is 2.43 bits per heavy atom. The fourth-order valence-corrected chi connectivity index (χ4v) is 2.78. The number of nitrogens with two attached hydrogens (primary N) is 1. The van der Waals surface area contributed by atoms with Crippen LogP contribution in [0.2, 0.25) is 0 Å². The molecule has 1 aromatic rings. The van der Waals surface area contributed by atoms with Crippen LogP contribution in [0.4, 0.5) is 0 Å². The van der Waals surface area contributed by atoms with Crippen LogP contribution in [0, 0.1) is 5.92 Å². The Labute approximate surface area is 133 Å². The van der Waals surface area contributed by atoms with Crippen LogP contribution in [0.1, 0.15) is 31.2 Å². The van der Waals surface area contributed by atoms with Gasteiger partial charge in [0, 0.05) is 12.1 Å². The number of piperidine rings is 1. The second-order valence-electron chi connectivity index (χ2n) is 5.71. The number of carbonyl (C=O) groups excluding carboxylic acids is 1. The normalized spacial score (nSPS) is 16.2. The lowest BCUT2D eigenvalue weighted by Crippen LogP contribution is -2.33. The zero-order valence-electron chi connectivity index (χ0n) is 12.5. The molecule has 0 aliphatic carbocycles. The third kappa shape index (κ3) is 5.90. The summed E-state index contributed by atoms with van der Waals surface area (Å²) in [5.74, 6) is 0.352. The molecule has 1 heterocycles. The van der Waals surface area contributed by atoms with Crippen molar-refractivity contribution in [3.63, 3.8) is 0 Å². The van der Waals surface area contributed by atoms with Gasteiger partial charge in [-0.2, -0.15) is 0 Å². The van der Waals surface area contributed by atoms with Gasteiger partial charge in [-0.1, -0.05) is 36.9 Å². The molecule has 1 saturated heterocycles. The molecule has 0 atom stereocenters. The van der Waals surface area contributed by atoms with Gasteiger partial charge in [0.1, 0.15) is 0 Å². The molecule has 1 aliphatic heterocycles. The van der Waals surface area contributed by atoms with Crippen LogP contribution in [0.3, 0.4) is 0 Å². The van der Waals surface area contributed by atoms with Gasteiger partial charge in [-0.05, 0) is 50.3 Å². The van der Waals surface area contributed by atoms with Gasteiger partial charge in [-0.25, -0.2) is 0 Å². The summed E-state index contributed by atoms with van der Waals surface area (Å²) in [6.07, 6.45) is 4.21. The Morgan fingerprint density at radius 2 is 1.86 bits per heavy atom. The third-order valence-electron chi connectivity index (χ3n) is 4.16. The fourth-order valence-electron chi connectivity index (χ4n) is 2.78. The molecule has 1 aromatic carbocycles. The number of carbonyl (C=O) groups is 1. The highest BCUT2D eigenvalue weighted by Gasteiger charge is 2.19. The lowest BCUT2D eigenvalue weighted by molar-refractivity contribution is -0.114. The van der Waals surface area contributed by atoms with Crippen molar-refractivity contribution in [3.05, 3.63) is 48.0 Å². The number of likely N-dealkylation sites (tertiary alicyclic amines) is 1. The lowest BCUT2D eigenvalue weighted by atomic mass is 9.90. The van der Waals surface area contributed by atoms with E-state index in [4.69, 9.17) is 5.73 Å². The van der Waals surface area contributed by atoms with E-state index in [1.807, 2.05) is 0 Å². The average molecular weight is 309 g/mol. The number of benzene rings is 1. The molecular weight excluding hydrogens is 284 g/mol. The number of halogens is 1. The summed E-state index contributed by atoms with van der Waals surface area (Å²) in [7, 11) is 0. The van der Waals surface area contributed by atoms with Gasteiger partial charge >= 0.3 is 0 Å². The highest BCUT2D eigenvalue weighted by atomic mass is 35.5. The maximum Gasteiger partial charge on any atom is 0.244 e. The molecule has 3 nitrogen and oxygen atoms in total. The summed E-state index contributed by atoms with van der Waals surface area (Å²) < 4.78 is 0. The van der Waals surface area contributed by atoms with Crippen LogP contribution in [-0.2, 0) is 11.3 Å². The topological polar surface area (TPSA) is 46.3 Å². The first kappa shape index (κ1) is 17.7. The summed E-state index contributed by atoms with van der Waals surface area (Å²) in [5, 5.41) is 0. The smallest absolute Gasteiger partial charge is 0.244 e. The minimum absolute atomic E-state index is 0. The van der Waals surface area contributed by atoms with Crippen molar-refractivity contribution in [2.75, 3.05) is 13.1 Å². The van der Waals surface area contributed by atoms with E-state index in [0.29, 0.717) is 11.5 Å². The van der Waals surface area contributed by atoms with Gasteiger partial charge < -0.3 is 5.73 Å². The van der Waals surface area contributed by atoms with E-state index in [-0.39, 0.29) is 18.3 Å². The Morgan fingerprint density at radius 1 is 1.24 bits per heavy atom. The van der Waals surface area contributed by atoms with Gasteiger partial charge in [0.25, 0.3) is 0 Å². The highest BCUT2D eigenvalue weighted by Crippen LogP contribution is 2.24. The van der Waals surface area contributed by atoms with Crippen LogP contribution in [0.15, 0.2) is 42.5 Å². The van der Waals surface area contributed by atoms with Crippen LogP contribution in [0.5, 0.6) is 0 Å². The largest absolute Gasteiger partial charge is 0.366 e. The number of primary amides is 1. The van der Waals surface area contributed by atoms with E-state index in [9.17, 15) is 4.79 Å². The number of nitrogens with zero attached hydrogens (tertiary/aromatic N) is 1. The van der Waals surface area contributed by atoms with Gasteiger partial charge in [-0.15, -0.1) is 12.4 Å². The second-order valence-corrected chi connectivity index (χ2v) is 5.71. The second kappa shape index (κ2) is 8.85. The maximum absolute atomic E-state index is 10.9. The molecule has 0 spiro atoms. The lowest BCUT2D eigenvalue weighted by Gasteiger charge is -2.32. The van der Waals surface area contributed by atoms with Crippen molar-refractivity contribution in [3.8, 4) is 0 Å². The molecule has 0 unspecified atom stereocenters. The van der Waals surface area contributed by atoms with Gasteiger partial charge in [0.05, 0.1) is 0 Å². The fraction of sp³-hybridized carbons (Fsp3) is 0.471. The highest BCUT2D eigenvalue weighted by molar-refractivity contribution is 5.91. The summed E-state index contributed by atoms with van der Waals surface area (Å²) in [6, 6.07) is 10.6. The van der Waals surface area contributed by atoms with Gasteiger partial charge in [0.15, 0.2) is 0 Å². The standard InChI is InChI=1S/C17H24N2O.ClH/c1-14(17(18)20)7-8-15-9-11-19(12-10-15)13-16-5-3-2-4-6-16;/h2-6,15H,1,7-13H2,(H2,18,20);1H. The zero-order chi connectivity index (χ0) is 14.4. The summed E-state index contributed by atoms with van der Waals surface area (Å²) in [6.45, 7) is 7.05. The molecule has 0 bridgehead atoms. The van der Waals surface area contributed by atoms with Crippen molar-refractivity contribution in [1.29, 1.82) is 0 Å². The van der Waals surface area contributed by atoms with Gasteiger partial charge in [0.2, 0.25) is 5.91 Å². The first-order valence-corrected chi connectivity index (χ1v) is 7.39. The number of hydrogen-bond acceptors (Lipinski definition) is 2. The average Bonchev–Trinajstić information content (AvgIpc) is 2.47. The van der Waals surface area contributed by atoms with Crippen molar-refractivity contribution < 1.29 is 4.79 Å². The molecule has 0 radical (unpaired) electrons. The molecule has 1 aliphatic rings. The van der Waals surface area contributed by atoms with E-state index >= 15 is 0 Å². The molecule has 2 N–H and O–H groups in total. The van der Waals surface area contributed by atoms with Crippen LogP contribution < -0.4 is 5.73 Å². The van der Waals surface area contributed by atoms with E-state index in [1.54, 1.807) is 0 Å². The molecular formula is C17H25ClN2O. The van der Waals surface area contributed by atoms with E-state index in [2.05, 4.69) is 41.8 Å². The summed E-state index contributed by atoms with van der Waals surface area (Å²) in [5.41, 5.74) is 7.16. The first-order valence-electron chi connectivity index (χ1n) is 7.39. The third-order valence-corrected chi connectivity index (χ3v) is 4.16. The molecule has 116 valence electrons. The predicted octanol–water partition coefficient (Wildman–Crippen LogP) is 3.14. The minimum atomic E-state index is -0.355. The van der Waals surface area contributed by atoms with Crippen molar-refractivity contribution in [1.82, 2.24) is 4.90 Å². The Kier molecular flexibility index (Phi) is 7.48. The monoisotopic (exact) mass is 308 g/mol. The minimum Gasteiger partial charge on any atom is -0.366 e. The van der Waals surface area contributed by atoms with Crippen molar-refractivity contribution in [2.24, 2.45) is 11.7 Å². The molecule has 1 fully saturated rings. The Bertz CT molecular complexity index is 453. The molecule has 1 amide bonds. The van der Waals surface area contributed by atoms with E-state index < -0.39 is 0 Å². The van der Waals surface area contributed by atoms with Crippen molar-refractivity contribution >= 4 is 18.3 Å². The quantitative estimate of drug-likeness (QED) is 0.821. The molecule has 21 heavy (non-hydrogen) atoms. The van der Waals surface area contributed by atoms with Crippen LogP contribution in [0.25, 0.3) is 0 Å². The number of rotatable bonds is 6. The SMILES string of the molecule is C=C(CCC1CCN(Cc2ccccc2)CC1)C(N)=O.Cl. The van der Waals surface area contributed by atoms with Crippen LogP contribution in [-0.4, -0.2) is 23.9 Å². The number of amides is 1.